The molecule has 13 heteroatoms. The maximum Gasteiger partial charge on any atom is 0.246 e. The maximum atomic E-state index is 11.9. The lowest BCUT2D eigenvalue weighted by Gasteiger charge is -2.34. The van der Waals surface area contributed by atoms with Crippen LogP contribution in [-0.2, 0) is 27.2 Å². The molecule has 2 aliphatic heterocycles. The Balaban J connectivity index is 1.51. The first-order chi connectivity index (χ1) is 19.4. The van der Waals surface area contributed by atoms with Gasteiger partial charge in [-0.3, -0.25) is 14.7 Å². The third-order valence-corrected chi connectivity index (χ3v) is 8.09. The van der Waals surface area contributed by atoms with Gasteiger partial charge in [0.2, 0.25) is 11.9 Å². The Kier molecular flexibility index (Phi) is 8.43. The number of aliphatic imine (C=N–C) groups is 1. The number of nitrogens with zero attached hydrogens (tertiary/aromatic N) is 7. The predicted octanol–water partition coefficient (Wildman–Crippen LogP) is 1.10. The summed E-state index contributed by atoms with van der Waals surface area (Å²) >= 11 is 13.7. The van der Waals surface area contributed by atoms with E-state index < -0.39 is 5.38 Å². The molecule has 2 aromatic rings. The van der Waals surface area contributed by atoms with Gasteiger partial charge in [0.25, 0.3) is 0 Å². The molecule has 2 aromatic heterocycles. The Hall–Kier alpha value is -3.41. The number of carbonyl (C=O) groups is 1. The number of aromatic nitrogens is 3. The number of alkyl halides is 1. The van der Waals surface area contributed by atoms with E-state index in [0.717, 1.165) is 36.8 Å². The van der Waals surface area contributed by atoms with Crippen LogP contribution in [0.5, 0.6) is 0 Å². The van der Waals surface area contributed by atoms with Crippen molar-refractivity contribution >= 4 is 46.3 Å². The van der Waals surface area contributed by atoms with E-state index in [1.807, 2.05) is 11.0 Å². The number of nitrogens with one attached hydrogen (secondary N) is 1. The number of carbonyl (C=O) groups excluding carboxylic acids is 1. The summed E-state index contributed by atoms with van der Waals surface area (Å²) in [5.41, 5.74) is 2.80. The van der Waals surface area contributed by atoms with Gasteiger partial charge in [0.15, 0.2) is 17.0 Å². The highest BCUT2D eigenvalue weighted by molar-refractivity contribution is 6.41. The van der Waals surface area contributed by atoms with Crippen molar-refractivity contribution in [1.82, 2.24) is 29.7 Å². The molecule has 1 unspecified atom stereocenters. The van der Waals surface area contributed by atoms with E-state index in [1.54, 1.807) is 31.9 Å². The number of allylic oxidation sites excluding steroid dienone is 3. The third-order valence-electron chi connectivity index (χ3n) is 7.27. The fourth-order valence-electron chi connectivity index (χ4n) is 5.11. The molecule has 1 atom stereocenters. The van der Waals surface area contributed by atoms with E-state index in [-0.39, 0.29) is 5.91 Å². The quantitative estimate of drug-likeness (QED) is 0.382. The number of piperazine rings is 1. The summed E-state index contributed by atoms with van der Waals surface area (Å²) in [4.78, 5) is 29.9. The van der Waals surface area contributed by atoms with E-state index in [4.69, 9.17) is 42.8 Å². The van der Waals surface area contributed by atoms with Crippen LogP contribution < -0.4 is 16.0 Å². The normalized spacial score (nSPS) is 22.0. The number of halogens is 2. The molecule has 1 fully saturated rings. The first-order valence-corrected chi connectivity index (χ1v) is 13.9. The second kappa shape index (κ2) is 12.0. The Morgan fingerprint density at radius 3 is 2.73 bits per heavy atom. The molecule has 40 heavy (non-hydrogen) atoms. The summed E-state index contributed by atoms with van der Waals surface area (Å²) in [6, 6.07) is 2.00. The van der Waals surface area contributed by atoms with Gasteiger partial charge >= 0.3 is 0 Å². The zero-order valence-corrected chi connectivity index (χ0v) is 24.3. The van der Waals surface area contributed by atoms with Crippen LogP contribution in [0.3, 0.4) is 0 Å². The number of guanidine groups is 1. The molecule has 11 nitrogen and oxygen atoms in total. The zero-order valence-electron chi connectivity index (χ0n) is 22.8. The fourth-order valence-corrected chi connectivity index (χ4v) is 5.89. The van der Waals surface area contributed by atoms with Crippen LogP contribution in [0, 0.1) is 0 Å². The summed E-state index contributed by atoms with van der Waals surface area (Å²) in [6.07, 6.45) is 4.61. The van der Waals surface area contributed by atoms with Crippen molar-refractivity contribution in [2.24, 2.45) is 9.98 Å². The first kappa shape index (κ1) is 28.1. The van der Waals surface area contributed by atoms with Gasteiger partial charge < -0.3 is 19.7 Å². The molecule has 4 heterocycles. The van der Waals surface area contributed by atoms with Gasteiger partial charge in [-0.2, -0.15) is 9.51 Å². The number of aryl methyl sites for hydroxylation is 1. The molecule has 0 spiro atoms. The lowest BCUT2D eigenvalue weighted by Crippen LogP contribution is -2.48. The van der Waals surface area contributed by atoms with E-state index in [2.05, 4.69) is 26.8 Å². The van der Waals surface area contributed by atoms with E-state index in [1.165, 1.54) is 6.08 Å². The number of ether oxygens (including phenoxy) is 2. The maximum absolute atomic E-state index is 11.9. The van der Waals surface area contributed by atoms with Crippen LogP contribution in [0.4, 0.5) is 0 Å². The summed E-state index contributed by atoms with van der Waals surface area (Å²) in [5, 5.41) is 8.55. The molecule has 1 saturated heterocycles. The van der Waals surface area contributed by atoms with Gasteiger partial charge in [-0.1, -0.05) is 18.2 Å². The minimum absolute atomic E-state index is 0.0136. The Labute approximate surface area is 242 Å². The number of fused-ring (bicyclic) bond motifs is 3. The van der Waals surface area contributed by atoms with E-state index in [0.29, 0.717) is 71.1 Å². The standard InChI is InChI=1S/C27H32Cl2N8O3/c1-5-21(38)36-11-9-35(10-12-36)8-6-7-20-32-26-17(22-23(28)18(39-3)14-19(40-4)24(22)29)13-16-15-31-27(30-2)33-25(16)37(26)34-20/h5,13-14,23H,1,6-12,15H2,2-4H3,(H,30,31). The highest BCUT2D eigenvalue weighted by Crippen LogP contribution is 2.36. The topological polar surface area (TPSA) is 109 Å². The van der Waals surface area contributed by atoms with Crippen molar-refractivity contribution in [3.8, 4) is 0 Å². The Morgan fingerprint density at radius 2 is 2.05 bits per heavy atom. The van der Waals surface area contributed by atoms with Crippen LogP contribution in [0.1, 0.15) is 17.8 Å². The lowest BCUT2D eigenvalue weighted by molar-refractivity contribution is -0.127. The second-order valence-electron chi connectivity index (χ2n) is 9.57. The highest BCUT2D eigenvalue weighted by atomic mass is 35.5. The second-order valence-corrected chi connectivity index (χ2v) is 10.4. The first-order valence-electron chi connectivity index (χ1n) is 13.1. The monoisotopic (exact) mass is 586 g/mol. The number of hydrogen-bond acceptors (Lipinski definition) is 7. The van der Waals surface area contributed by atoms with Crippen LogP contribution in [0.25, 0.3) is 11.2 Å². The molecule has 1 amide bonds. The largest absolute Gasteiger partial charge is 0.499 e. The Morgan fingerprint density at radius 1 is 1.27 bits per heavy atom. The van der Waals surface area contributed by atoms with Crippen molar-refractivity contribution in [3.63, 3.8) is 0 Å². The number of amides is 1. The molecule has 0 aromatic carbocycles. The number of rotatable bonds is 7. The van der Waals surface area contributed by atoms with Gasteiger partial charge in [0, 0.05) is 68.6 Å². The molecule has 0 bridgehead atoms. The van der Waals surface area contributed by atoms with Crippen LogP contribution >= 0.6 is 23.2 Å². The van der Waals surface area contributed by atoms with Crippen molar-refractivity contribution < 1.29 is 14.3 Å². The summed E-state index contributed by atoms with van der Waals surface area (Å²) in [6.45, 7) is 8.05. The minimum Gasteiger partial charge on any atom is -0.499 e. The molecule has 1 aliphatic carbocycles. The van der Waals surface area contributed by atoms with Crippen molar-refractivity contribution in [2.45, 2.75) is 24.8 Å². The van der Waals surface area contributed by atoms with Crippen molar-refractivity contribution in [2.75, 3.05) is 54.0 Å². The number of methoxy groups -OCH3 is 2. The molecule has 3 aliphatic rings. The van der Waals surface area contributed by atoms with Crippen LogP contribution in [-0.4, -0.2) is 95.6 Å². The predicted molar refractivity (Wildman–Crippen MR) is 154 cm³/mol. The average Bonchev–Trinajstić information content (AvgIpc) is 3.41. The van der Waals surface area contributed by atoms with E-state index in [9.17, 15) is 4.79 Å². The van der Waals surface area contributed by atoms with Gasteiger partial charge in [-0.05, 0) is 25.1 Å². The van der Waals surface area contributed by atoms with Crippen LogP contribution in [0.2, 0.25) is 0 Å². The molecule has 1 N–H and O–H groups in total. The highest BCUT2D eigenvalue weighted by Gasteiger charge is 2.30. The smallest absolute Gasteiger partial charge is 0.246 e. The Bertz CT molecular complexity index is 1550. The van der Waals surface area contributed by atoms with Gasteiger partial charge in [0.05, 0.1) is 19.3 Å². The molecule has 0 radical (unpaired) electrons. The summed E-state index contributed by atoms with van der Waals surface area (Å²) in [5.74, 6) is 2.18. The molecular weight excluding hydrogens is 555 g/mol. The average molecular weight is 588 g/mol. The third kappa shape index (κ3) is 5.33. The van der Waals surface area contributed by atoms with Gasteiger partial charge in [0.1, 0.15) is 16.9 Å². The molecular formula is C27H32Cl2N8O3. The number of hydrogen-bond donors (Lipinski definition) is 1. The van der Waals surface area contributed by atoms with Crippen molar-refractivity contribution in [1.29, 1.82) is 0 Å². The molecule has 212 valence electrons. The van der Waals surface area contributed by atoms with E-state index >= 15 is 0 Å². The van der Waals surface area contributed by atoms with Crippen LogP contribution in [0.15, 0.2) is 51.3 Å². The number of pyridine rings is 1. The lowest BCUT2D eigenvalue weighted by atomic mass is 10.0. The SMILES string of the molecule is C=CC(=O)N1CCN(CCCc2nc3c(=C4C(Cl)=C(OC)C=C(OC)C4Cl)cc4c(n3n2)=NC(=NC)NC4)CC1. The molecule has 5 rings (SSSR count). The van der Waals surface area contributed by atoms with Crippen molar-refractivity contribution in [3.05, 3.63) is 63.4 Å². The van der Waals surface area contributed by atoms with Gasteiger partial charge in [-0.15, -0.1) is 16.7 Å². The fraction of sp³-hybridized carbons (Fsp3) is 0.444. The summed E-state index contributed by atoms with van der Waals surface area (Å²) in [7, 11) is 4.80. The molecule has 0 saturated carbocycles. The van der Waals surface area contributed by atoms with Gasteiger partial charge in [-0.25, -0.2) is 4.98 Å². The zero-order chi connectivity index (χ0) is 28.4. The summed E-state index contributed by atoms with van der Waals surface area (Å²) < 4.78 is 12.8. The minimum atomic E-state index is -0.647.